The number of carboxylic acids is 1. The van der Waals surface area contributed by atoms with Crippen LogP contribution in [0.2, 0.25) is 0 Å². The highest BCUT2D eigenvalue weighted by atomic mass is 79.9. The molecule has 2 aromatic rings. The molecule has 1 amide bonds. The molecule has 0 atom stereocenters. The van der Waals surface area contributed by atoms with Crippen molar-refractivity contribution in [2.75, 3.05) is 6.54 Å². The number of aromatic carboxylic acids is 1. The Morgan fingerprint density at radius 3 is 2.44 bits per heavy atom. The van der Waals surface area contributed by atoms with E-state index >= 15 is 0 Å². The topological polar surface area (TPSA) is 92.7 Å². The molecule has 130 valence electrons. The lowest BCUT2D eigenvalue weighted by atomic mass is 10.1. The first kappa shape index (κ1) is 18.7. The SMILES string of the molecule is O=C(Cc1ccccc1)NCC(=O)Oc1ccc(CBr)c(C(=O)O)c1. The lowest BCUT2D eigenvalue weighted by Crippen LogP contribution is -2.32. The average molecular weight is 406 g/mol. The fourth-order valence-corrected chi connectivity index (χ4v) is 2.61. The zero-order valence-corrected chi connectivity index (χ0v) is 14.8. The van der Waals surface area contributed by atoms with Gasteiger partial charge in [0, 0.05) is 5.33 Å². The van der Waals surface area contributed by atoms with Crippen molar-refractivity contribution >= 4 is 33.8 Å². The van der Waals surface area contributed by atoms with Gasteiger partial charge in [-0.25, -0.2) is 9.59 Å². The molecule has 0 aliphatic rings. The van der Waals surface area contributed by atoms with Crippen LogP contribution >= 0.6 is 15.9 Å². The maximum Gasteiger partial charge on any atom is 0.336 e. The van der Waals surface area contributed by atoms with E-state index in [0.29, 0.717) is 10.9 Å². The minimum Gasteiger partial charge on any atom is -0.478 e. The lowest BCUT2D eigenvalue weighted by molar-refractivity contribution is -0.135. The number of hydrogen-bond donors (Lipinski definition) is 2. The average Bonchev–Trinajstić information content (AvgIpc) is 2.60. The van der Waals surface area contributed by atoms with Gasteiger partial charge in [0.1, 0.15) is 12.3 Å². The van der Waals surface area contributed by atoms with Gasteiger partial charge in [-0.2, -0.15) is 0 Å². The second-order valence-corrected chi connectivity index (χ2v) is 5.73. The predicted octanol–water partition coefficient (Wildman–Crippen LogP) is 2.54. The van der Waals surface area contributed by atoms with Crippen molar-refractivity contribution < 1.29 is 24.2 Å². The molecule has 7 heteroatoms. The highest BCUT2D eigenvalue weighted by molar-refractivity contribution is 9.08. The van der Waals surface area contributed by atoms with Gasteiger partial charge in [-0.15, -0.1) is 0 Å². The zero-order valence-electron chi connectivity index (χ0n) is 13.2. The molecule has 0 radical (unpaired) electrons. The molecule has 2 N–H and O–H groups in total. The number of amides is 1. The van der Waals surface area contributed by atoms with Gasteiger partial charge in [0.15, 0.2) is 0 Å². The van der Waals surface area contributed by atoms with Crippen molar-refractivity contribution in [2.24, 2.45) is 0 Å². The highest BCUT2D eigenvalue weighted by Crippen LogP contribution is 2.20. The molecule has 0 saturated heterocycles. The number of carboxylic acid groups (broad SMARTS) is 1. The molecule has 6 nitrogen and oxygen atoms in total. The van der Waals surface area contributed by atoms with Gasteiger partial charge in [0.2, 0.25) is 5.91 Å². The van der Waals surface area contributed by atoms with Crippen LogP contribution in [0.4, 0.5) is 0 Å². The van der Waals surface area contributed by atoms with Crippen LogP contribution in [0.3, 0.4) is 0 Å². The number of rotatable bonds is 7. The van der Waals surface area contributed by atoms with Gasteiger partial charge in [-0.1, -0.05) is 52.3 Å². The number of carbonyl (C=O) groups is 3. The number of halogens is 1. The highest BCUT2D eigenvalue weighted by Gasteiger charge is 2.13. The van der Waals surface area contributed by atoms with Crippen molar-refractivity contribution in [1.29, 1.82) is 0 Å². The predicted molar refractivity (Wildman–Crippen MR) is 94.8 cm³/mol. The van der Waals surface area contributed by atoms with Crippen LogP contribution in [0.25, 0.3) is 0 Å². The summed E-state index contributed by atoms with van der Waals surface area (Å²) in [6.07, 6.45) is 0.164. The minimum atomic E-state index is -1.11. The Morgan fingerprint density at radius 2 is 1.80 bits per heavy atom. The quantitative estimate of drug-likeness (QED) is 0.419. The first-order valence-electron chi connectivity index (χ1n) is 7.43. The third-order valence-electron chi connectivity index (χ3n) is 3.32. The Morgan fingerprint density at radius 1 is 1.08 bits per heavy atom. The monoisotopic (exact) mass is 405 g/mol. The van der Waals surface area contributed by atoms with Crippen LogP contribution in [-0.4, -0.2) is 29.5 Å². The third kappa shape index (κ3) is 5.72. The van der Waals surface area contributed by atoms with E-state index in [1.807, 2.05) is 30.3 Å². The van der Waals surface area contributed by atoms with Crippen LogP contribution in [0.5, 0.6) is 5.75 Å². The van der Waals surface area contributed by atoms with Gasteiger partial charge in [0.05, 0.1) is 12.0 Å². The van der Waals surface area contributed by atoms with Crippen LogP contribution in [0.15, 0.2) is 48.5 Å². The summed E-state index contributed by atoms with van der Waals surface area (Å²) < 4.78 is 5.07. The Labute approximate surface area is 152 Å². The first-order chi connectivity index (χ1) is 12.0. The molecular formula is C18H16BrNO5. The van der Waals surface area contributed by atoms with E-state index in [4.69, 9.17) is 9.84 Å². The van der Waals surface area contributed by atoms with Crippen molar-refractivity contribution in [2.45, 2.75) is 11.8 Å². The summed E-state index contributed by atoms with van der Waals surface area (Å²) in [5.74, 6) is -1.97. The van der Waals surface area contributed by atoms with Crippen LogP contribution in [0, 0.1) is 0 Å². The molecule has 25 heavy (non-hydrogen) atoms. The number of nitrogens with one attached hydrogen (secondary N) is 1. The maximum absolute atomic E-state index is 11.8. The van der Waals surface area contributed by atoms with Gasteiger partial charge >= 0.3 is 11.9 Å². The molecule has 0 fully saturated rings. The van der Waals surface area contributed by atoms with Gasteiger partial charge in [-0.3, -0.25) is 4.79 Å². The van der Waals surface area contributed by atoms with E-state index in [-0.39, 0.29) is 30.2 Å². The summed E-state index contributed by atoms with van der Waals surface area (Å²) in [5, 5.41) is 12.0. The second-order valence-electron chi connectivity index (χ2n) is 5.17. The third-order valence-corrected chi connectivity index (χ3v) is 3.93. The summed E-state index contributed by atoms with van der Waals surface area (Å²) in [4.78, 5) is 34.8. The number of hydrogen-bond acceptors (Lipinski definition) is 4. The molecule has 2 rings (SSSR count). The molecule has 0 heterocycles. The Balaban J connectivity index is 1.89. The van der Waals surface area contributed by atoms with E-state index in [1.165, 1.54) is 12.1 Å². The van der Waals surface area contributed by atoms with E-state index < -0.39 is 11.9 Å². The number of ether oxygens (including phenoxy) is 1. The number of esters is 1. The summed E-state index contributed by atoms with van der Waals surface area (Å²) in [6.45, 7) is -0.297. The zero-order chi connectivity index (χ0) is 18.2. The van der Waals surface area contributed by atoms with Crippen molar-refractivity contribution in [1.82, 2.24) is 5.32 Å². The first-order valence-corrected chi connectivity index (χ1v) is 8.55. The van der Waals surface area contributed by atoms with Crippen LogP contribution in [0.1, 0.15) is 21.5 Å². The van der Waals surface area contributed by atoms with Crippen molar-refractivity contribution in [3.63, 3.8) is 0 Å². The molecule has 2 aromatic carbocycles. The fraction of sp³-hybridized carbons (Fsp3) is 0.167. The summed E-state index contributed by atoms with van der Waals surface area (Å²) in [5.41, 5.74) is 1.46. The Kier molecular flexibility index (Phi) is 6.71. The molecule has 0 spiro atoms. The van der Waals surface area contributed by atoms with Crippen LogP contribution in [-0.2, 0) is 21.3 Å². The minimum absolute atomic E-state index is 0.0512. The molecule has 0 aromatic heterocycles. The van der Waals surface area contributed by atoms with Crippen LogP contribution < -0.4 is 10.1 Å². The molecule has 0 saturated carbocycles. The Bertz CT molecular complexity index is 776. The summed E-state index contributed by atoms with van der Waals surface area (Å²) >= 11 is 3.20. The molecule has 0 bridgehead atoms. The Hall–Kier alpha value is -2.67. The number of carbonyl (C=O) groups excluding carboxylic acids is 2. The normalized spacial score (nSPS) is 10.1. The lowest BCUT2D eigenvalue weighted by Gasteiger charge is -2.09. The van der Waals surface area contributed by atoms with E-state index in [2.05, 4.69) is 21.2 Å². The van der Waals surface area contributed by atoms with E-state index in [9.17, 15) is 14.4 Å². The summed E-state index contributed by atoms with van der Waals surface area (Å²) in [6, 6.07) is 13.5. The van der Waals surface area contributed by atoms with Gasteiger partial charge in [0.25, 0.3) is 0 Å². The largest absolute Gasteiger partial charge is 0.478 e. The molecule has 0 unspecified atom stereocenters. The fourth-order valence-electron chi connectivity index (χ4n) is 2.12. The standard InChI is InChI=1S/C18H16BrNO5/c19-10-13-6-7-14(9-15(13)18(23)24)25-17(22)11-20-16(21)8-12-4-2-1-3-5-12/h1-7,9H,8,10-11H2,(H,20,21)(H,23,24). The number of alkyl halides is 1. The maximum atomic E-state index is 11.8. The molecule has 0 aliphatic heterocycles. The molecular weight excluding hydrogens is 390 g/mol. The van der Waals surface area contributed by atoms with E-state index in [1.54, 1.807) is 6.07 Å². The number of benzene rings is 2. The van der Waals surface area contributed by atoms with Gasteiger partial charge < -0.3 is 15.2 Å². The van der Waals surface area contributed by atoms with Gasteiger partial charge in [-0.05, 0) is 23.3 Å². The van der Waals surface area contributed by atoms with Crippen molar-refractivity contribution in [3.8, 4) is 5.75 Å². The second kappa shape index (κ2) is 8.98. The van der Waals surface area contributed by atoms with Crippen molar-refractivity contribution in [3.05, 3.63) is 65.2 Å². The smallest absolute Gasteiger partial charge is 0.336 e. The summed E-state index contributed by atoms with van der Waals surface area (Å²) in [7, 11) is 0. The molecule has 0 aliphatic carbocycles. The van der Waals surface area contributed by atoms with E-state index in [0.717, 1.165) is 5.56 Å².